The number of carboxylic acid groups (broad SMARTS) is 1. The van der Waals surface area contributed by atoms with Gasteiger partial charge in [0.1, 0.15) is 0 Å². The highest BCUT2D eigenvalue weighted by Gasteiger charge is 2.30. The molecule has 3 heteroatoms. The maximum Gasteiger partial charge on any atom is 0.309 e. The standard InChI is InChI=1S/C9H16O3/c1-2-12-8-6-4-3-5-7(8)9(10)11/h7-8H,2-6H2,1H3,(H,10,11). The molecule has 0 bridgehead atoms. The zero-order chi connectivity index (χ0) is 8.97. The SMILES string of the molecule is CCOC1CCCCC1C(=O)O. The second kappa shape index (κ2) is 4.45. The van der Waals surface area contributed by atoms with Crippen LogP contribution in [-0.4, -0.2) is 23.8 Å². The third kappa shape index (κ3) is 2.21. The summed E-state index contributed by atoms with van der Waals surface area (Å²) in [6, 6.07) is 0. The summed E-state index contributed by atoms with van der Waals surface area (Å²) in [5.41, 5.74) is 0. The lowest BCUT2D eigenvalue weighted by Gasteiger charge is -2.27. The maximum atomic E-state index is 10.8. The van der Waals surface area contributed by atoms with Gasteiger partial charge in [-0.2, -0.15) is 0 Å². The predicted molar refractivity (Wildman–Crippen MR) is 45.0 cm³/mol. The molecule has 0 heterocycles. The van der Waals surface area contributed by atoms with E-state index < -0.39 is 5.97 Å². The Morgan fingerprint density at radius 3 is 2.75 bits per heavy atom. The van der Waals surface area contributed by atoms with Gasteiger partial charge in [-0.1, -0.05) is 12.8 Å². The van der Waals surface area contributed by atoms with Gasteiger partial charge in [0.25, 0.3) is 0 Å². The molecule has 0 aromatic carbocycles. The normalized spacial score (nSPS) is 30.1. The number of aliphatic carboxylic acids is 1. The Bertz CT molecular complexity index is 154. The summed E-state index contributed by atoms with van der Waals surface area (Å²) < 4.78 is 5.38. The molecule has 70 valence electrons. The van der Waals surface area contributed by atoms with Crippen LogP contribution < -0.4 is 0 Å². The van der Waals surface area contributed by atoms with Crippen LogP contribution in [0, 0.1) is 5.92 Å². The van der Waals surface area contributed by atoms with Crippen LogP contribution >= 0.6 is 0 Å². The van der Waals surface area contributed by atoms with Crippen LogP contribution in [-0.2, 0) is 9.53 Å². The second-order valence-corrected chi connectivity index (χ2v) is 3.22. The van der Waals surface area contributed by atoms with Crippen LogP contribution in [0.5, 0.6) is 0 Å². The van der Waals surface area contributed by atoms with Gasteiger partial charge in [-0.3, -0.25) is 4.79 Å². The van der Waals surface area contributed by atoms with Gasteiger partial charge in [0.05, 0.1) is 12.0 Å². The van der Waals surface area contributed by atoms with Gasteiger partial charge in [0.2, 0.25) is 0 Å². The molecule has 2 atom stereocenters. The molecular weight excluding hydrogens is 156 g/mol. The Morgan fingerprint density at radius 2 is 2.17 bits per heavy atom. The molecule has 0 aliphatic heterocycles. The van der Waals surface area contributed by atoms with Crippen molar-refractivity contribution in [2.45, 2.75) is 38.7 Å². The number of ether oxygens (including phenoxy) is 1. The average Bonchev–Trinajstić information content (AvgIpc) is 2.05. The van der Waals surface area contributed by atoms with Gasteiger partial charge in [0, 0.05) is 6.61 Å². The molecule has 12 heavy (non-hydrogen) atoms. The molecule has 0 spiro atoms. The minimum atomic E-state index is -0.701. The minimum Gasteiger partial charge on any atom is -0.481 e. The van der Waals surface area contributed by atoms with Crippen molar-refractivity contribution in [3.8, 4) is 0 Å². The molecule has 1 aliphatic rings. The summed E-state index contributed by atoms with van der Waals surface area (Å²) in [7, 11) is 0. The largest absolute Gasteiger partial charge is 0.481 e. The zero-order valence-corrected chi connectivity index (χ0v) is 7.45. The Balaban J connectivity index is 2.48. The lowest BCUT2D eigenvalue weighted by atomic mass is 9.86. The van der Waals surface area contributed by atoms with Crippen molar-refractivity contribution in [3.05, 3.63) is 0 Å². The summed E-state index contributed by atoms with van der Waals surface area (Å²) >= 11 is 0. The first-order chi connectivity index (χ1) is 5.75. The van der Waals surface area contributed by atoms with E-state index in [1.165, 1.54) is 0 Å². The molecule has 0 aromatic rings. The number of rotatable bonds is 3. The van der Waals surface area contributed by atoms with Crippen molar-refractivity contribution in [3.63, 3.8) is 0 Å². The lowest BCUT2D eigenvalue weighted by Crippen LogP contribution is -2.33. The summed E-state index contributed by atoms with van der Waals surface area (Å²) in [4.78, 5) is 10.8. The number of carboxylic acids is 1. The summed E-state index contributed by atoms with van der Waals surface area (Å²) in [6.07, 6.45) is 3.78. The van der Waals surface area contributed by atoms with Crippen molar-refractivity contribution in [1.82, 2.24) is 0 Å². The van der Waals surface area contributed by atoms with E-state index >= 15 is 0 Å². The van der Waals surface area contributed by atoms with Crippen LogP contribution in [0.15, 0.2) is 0 Å². The molecule has 2 unspecified atom stereocenters. The van der Waals surface area contributed by atoms with E-state index in [4.69, 9.17) is 9.84 Å². The van der Waals surface area contributed by atoms with E-state index in [9.17, 15) is 4.79 Å². The average molecular weight is 172 g/mol. The molecule has 0 aromatic heterocycles. The van der Waals surface area contributed by atoms with Gasteiger partial charge < -0.3 is 9.84 Å². The van der Waals surface area contributed by atoms with Crippen LogP contribution in [0.3, 0.4) is 0 Å². The molecule has 1 fully saturated rings. The smallest absolute Gasteiger partial charge is 0.309 e. The van der Waals surface area contributed by atoms with Crippen LogP contribution in [0.25, 0.3) is 0 Å². The Morgan fingerprint density at radius 1 is 1.50 bits per heavy atom. The highest BCUT2D eigenvalue weighted by Crippen LogP contribution is 2.26. The Kier molecular flexibility index (Phi) is 3.53. The van der Waals surface area contributed by atoms with Gasteiger partial charge in [0.15, 0.2) is 0 Å². The maximum absolute atomic E-state index is 10.8. The molecule has 1 saturated carbocycles. The van der Waals surface area contributed by atoms with Gasteiger partial charge in [-0.15, -0.1) is 0 Å². The highest BCUT2D eigenvalue weighted by molar-refractivity contribution is 5.70. The fourth-order valence-corrected chi connectivity index (χ4v) is 1.79. The van der Waals surface area contributed by atoms with Gasteiger partial charge >= 0.3 is 5.97 Å². The van der Waals surface area contributed by atoms with Crippen molar-refractivity contribution in [2.75, 3.05) is 6.61 Å². The van der Waals surface area contributed by atoms with Gasteiger partial charge in [-0.05, 0) is 19.8 Å². The lowest BCUT2D eigenvalue weighted by molar-refractivity contribution is -0.149. The molecule has 0 amide bonds. The minimum absolute atomic E-state index is 0.0405. The number of hydrogen-bond donors (Lipinski definition) is 1. The summed E-state index contributed by atoms with van der Waals surface area (Å²) in [5, 5.41) is 8.86. The fourth-order valence-electron chi connectivity index (χ4n) is 1.79. The third-order valence-electron chi connectivity index (χ3n) is 2.40. The Labute approximate surface area is 72.7 Å². The quantitative estimate of drug-likeness (QED) is 0.704. The Hall–Kier alpha value is -0.570. The zero-order valence-electron chi connectivity index (χ0n) is 7.45. The number of hydrogen-bond acceptors (Lipinski definition) is 2. The molecular formula is C9H16O3. The summed E-state index contributed by atoms with van der Waals surface area (Å²) in [5.74, 6) is -0.966. The monoisotopic (exact) mass is 172 g/mol. The van der Waals surface area contributed by atoms with E-state index in [2.05, 4.69) is 0 Å². The molecule has 1 rings (SSSR count). The third-order valence-corrected chi connectivity index (χ3v) is 2.40. The van der Waals surface area contributed by atoms with E-state index in [1.54, 1.807) is 0 Å². The van der Waals surface area contributed by atoms with E-state index in [0.717, 1.165) is 25.7 Å². The first-order valence-corrected chi connectivity index (χ1v) is 4.60. The fraction of sp³-hybridized carbons (Fsp3) is 0.889. The van der Waals surface area contributed by atoms with Gasteiger partial charge in [-0.25, -0.2) is 0 Å². The van der Waals surface area contributed by atoms with Crippen LogP contribution in [0.2, 0.25) is 0 Å². The van der Waals surface area contributed by atoms with Crippen LogP contribution in [0.4, 0.5) is 0 Å². The first kappa shape index (κ1) is 9.52. The van der Waals surface area contributed by atoms with E-state index in [1.807, 2.05) is 6.92 Å². The van der Waals surface area contributed by atoms with Crippen molar-refractivity contribution in [1.29, 1.82) is 0 Å². The second-order valence-electron chi connectivity index (χ2n) is 3.22. The molecule has 3 nitrogen and oxygen atoms in total. The topological polar surface area (TPSA) is 46.5 Å². The highest BCUT2D eigenvalue weighted by atomic mass is 16.5. The van der Waals surface area contributed by atoms with Crippen molar-refractivity contribution >= 4 is 5.97 Å². The number of carbonyl (C=O) groups is 1. The van der Waals surface area contributed by atoms with E-state index in [-0.39, 0.29) is 12.0 Å². The summed E-state index contributed by atoms with van der Waals surface area (Å²) in [6.45, 7) is 2.53. The predicted octanol–water partition coefficient (Wildman–Crippen LogP) is 1.67. The molecule has 0 radical (unpaired) electrons. The first-order valence-electron chi connectivity index (χ1n) is 4.60. The molecule has 1 aliphatic carbocycles. The van der Waals surface area contributed by atoms with Crippen molar-refractivity contribution in [2.24, 2.45) is 5.92 Å². The molecule has 0 saturated heterocycles. The van der Waals surface area contributed by atoms with Crippen molar-refractivity contribution < 1.29 is 14.6 Å². The van der Waals surface area contributed by atoms with Crippen LogP contribution in [0.1, 0.15) is 32.6 Å². The molecule has 1 N–H and O–H groups in total. The van der Waals surface area contributed by atoms with E-state index in [0.29, 0.717) is 6.61 Å².